The van der Waals surface area contributed by atoms with Crippen LogP contribution in [0.25, 0.3) is 0 Å². The monoisotopic (exact) mass is 444 g/mol. The van der Waals surface area contributed by atoms with Crippen molar-refractivity contribution in [1.82, 2.24) is 10.3 Å². The van der Waals surface area contributed by atoms with Crippen molar-refractivity contribution in [2.45, 2.75) is 52.9 Å². The largest absolute Gasteiger partial charge is 0.496 e. The number of benzene rings is 1. The molecule has 8 heteroatoms. The Bertz CT molecular complexity index is 929. The first-order valence-corrected chi connectivity index (χ1v) is 10.6. The number of ether oxygens (including phenoxy) is 4. The van der Waals surface area contributed by atoms with Crippen molar-refractivity contribution in [3.63, 3.8) is 0 Å². The number of carbonyl (C=O) groups is 2. The second-order valence-corrected chi connectivity index (χ2v) is 7.47. The van der Waals surface area contributed by atoms with Gasteiger partial charge >= 0.3 is 5.97 Å². The van der Waals surface area contributed by atoms with Crippen molar-refractivity contribution in [3.8, 4) is 11.6 Å². The quantitative estimate of drug-likeness (QED) is 0.532. The van der Waals surface area contributed by atoms with E-state index in [1.54, 1.807) is 26.2 Å². The van der Waals surface area contributed by atoms with Gasteiger partial charge in [0.15, 0.2) is 6.10 Å². The van der Waals surface area contributed by atoms with E-state index in [-0.39, 0.29) is 31.0 Å². The highest BCUT2D eigenvalue weighted by molar-refractivity contribution is 5.96. The molecule has 1 amide bonds. The Hall–Kier alpha value is -3.13. The topological polar surface area (TPSA) is 96.0 Å². The number of pyridine rings is 1. The number of nitrogens with zero attached hydrogens (tertiary/aromatic N) is 1. The van der Waals surface area contributed by atoms with Crippen LogP contribution in [0.5, 0.6) is 11.6 Å². The van der Waals surface area contributed by atoms with Gasteiger partial charge in [0.05, 0.1) is 26.9 Å². The van der Waals surface area contributed by atoms with Crippen LogP contribution in [0.15, 0.2) is 30.3 Å². The van der Waals surface area contributed by atoms with E-state index in [0.29, 0.717) is 17.7 Å². The summed E-state index contributed by atoms with van der Waals surface area (Å²) in [5.41, 5.74) is 2.74. The molecule has 0 saturated heterocycles. The molecule has 1 atom stereocenters. The van der Waals surface area contributed by atoms with Gasteiger partial charge in [-0.1, -0.05) is 12.1 Å². The Morgan fingerprint density at radius 3 is 2.47 bits per heavy atom. The number of hydrogen-bond acceptors (Lipinski definition) is 7. The van der Waals surface area contributed by atoms with Crippen molar-refractivity contribution in [1.29, 1.82) is 0 Å². The minimum absolute atomic E-state index is 0.125. The number of aromatic nitrogens is 1. The van der Waals surface area contributed by atoms with E-state index in [0.717, 1.165) is 16.8 Å². The van der Waals surface area contributed by atoms with Gasteiger partial charge in [-0.2, -0.15) is 0 Å². The SMILES string of the molecule is CCOC(=O)C(Cc1ccc(OC)c(CNC(=O)c2ccc(C)nc2OC)c1)OC(C)C. The lowest BCUT2D eigenvalue weighted by atomic mass is 10.0. The number of carbonyl (C=O) groups excluding carboxylic acids is 2. The first kappa shape index (κ1) is 25.1. The second kappa shape index (κ2) is 12.0. The van der Waals surface area contributed by atoms with E-state index in [4.69, 9.17) is 18.9 Å². The molecule has 1 aromatic carbocycles. The molecule has 0 saturated carbocycles. The van der Waals surface area contributed by atoms with Crippen LogP contribution >= 0.6 is 0 Å². The summed E-state index contributed by atoms with van der Waals surface area (Å²) in [6.07, 6.45) is -0.495. The summed E-state index contributed by atoms with van der Waals surface area (Å²) in [7, 11) is 3.04. The summed E-state index contributed by atoms with van der Waals surface area (Å²) in [6, 6.07) is 9.00. The fourth-order valence-electron chi connectivity index (χ4n) is 3.19. The Kier molecular flexibility index (Phi) is 9.46. The zero-order valence-corrected chi connectivity index (χ0v) is 19.6. The Morgan fingerprint density at radius 2 is 1.84 bits per heavy atom. The summed E-state index contributed by atoms with van der Waals surface area (Å²) in [5, 5.41) is 2.88. The molecule has 2 aromatic rings. The lowest BCUT2D eigenvalue weighted by molar-refractivity contribution is -0.159. The maximum Gasteiger partial charge on any atom is 0.335 e. The van der Waals surface area contributed by atoms with Gasteiger partial charge in [-0.15, -0.1) is 0 Å². The molecule has 0 aliphatic rings. The highest BCUT2D eigenvalue weighted by Gasteiger charge is 2.23. The molecule has 1 aromatic heterocycles. The van der Waals surface area contributed by atoms with E-state index in [1.165, 1.54) is 7.11 Å². The molecule has 0 bridgehead atoms. The Balaban J connectivity index is 2.18. The van der Waals surface area contributed by atoms with Crippen LogP contribution in [-0.2, 0) is 27.2 Å². The van der Waals surface area contributed by atoms with Crippen molar-refractivity contribution in [2.75, 3.05) is 20.8 Å². The highest BCUT2D eigenvalue weighted by atomic mass is 16.6. The van der Waals surface area contributed by atoms with Crippen LogP contribution in [0.3, 0.4) is 0 Å². The standard InChI is InChI=1S/C24H32N2O6/c1-7-31-24(28)21(32-15(2)3)13-17-9-11-20(29-5)18(12-17)14-25-22(27)19-10-8-16(4)26-23(19)30-6/h8-12,15,21H,7,13-14H2,1-6H3,(H,25,27). The molecule has 0 fully saturated rings. The summed E-state index contributed by atoms with van der Waals surface area (Å²) in [6.45, 7) is 7.84. The average Bonchev–Trinajstić information content (AvgIpc) is 2.76. The lowest BCUT2D eigenvalue weighted by Crippen LogP contribution is -2.31. The number of methoxy groups -OCH3 is 2. The van der Waals surface area contributed by atoms with E-state index in [1.807, 2.05) is 39.0 Å². The van der Waals surface area contributed by atoms with Crippen molar-refractivity contribution >= 4 is 11.9 Å². The first-order valence-electron chi connectivity index (χ1n) is 10.6. The van der Waals surface area contributed by atoms with Gasteiger partial charge in [-0.05, 0) is 51.5 Å². The third kappa shape index (κ3) is 6.95. The van der Waals surface area contributed by atoms with Gasteiger partial charge in [0.25, 0.3) is 5.91 Å². The van der Waals surface area contributed by atoms with Crippen LogP contribution < -0.4 is 14.8 Å². The van der Waals surface area contributed by atoms with E-state index in [2.05, 4.69) is 10.3 Å². The third-order valence-corrected chi connectivity index (χ3v) is 4.63. The zero-order valence-electron chi connectivity index (χ0n) is 19.6. The van der Waals surface area contributed by atoms with Crippen LogP contribution in [0.2, 0.25) is 0 Å². The molecule has 0 aliphatic carbocycles. The summed E-state index contributed by atoms with van der Waals surface area (Å²) in [4.78, 5) is 29.2. The molecule has 1 N–H and O–H groups in total. The summed E-state index contributed by atoms with van der Waals surface area (Å²) < 4.78 is 21.6. The number of esters is 1. The number of hydrogen-bond donors (Lipinski definition) is 1. The van der Waals surface area contributed by atoms with Gasteiger partial charge in [-0.25, -0.2) is 9.78 Å². The van der Waals surface area contributed by atoms with E-state index >= 15 is 0 Å². The molecule has 8 nitrogen and oxygen atoms in total. The summed E-state index contributed by atoms with van der Waals surface area (Å²) in [5.74, 6) is 0.187. The highest BCUT2D eigenvalue weighted by Crippen LogP contribution is 2.22. The van der Waals surface area contributed by atoms with Crippen LogP contribution in [0, 0.1) is 6.92 Å². The lowest BCUT2D eigenvalue weighted by Gasteiger charge is -2.20. The van der Waals surface area contributed by atoms with Gasteiger partial charge in [0.2, 0.25) is 5.88 Å². The number of nitrogens with one attached hydrogen (secondary N) is 1. The smallest absolute Gasteiger partial charge is 0.335 e. The van der Waals surface area contributed by atoms with Gasteiger partial charge in [0, 0.05) is 24.2 Å². The molecule has 1 heterocycles. The minimum Gasteiger partial charge on any atom is -0.496 e. The Morgan fingerprint density at radius 1 is 1.09 bits per heavy atom. The molecule has 0 spiro atoms. The molecular weight excluding hydrogens is 412 g/mol. The van der Waals surface area contributed by atoms with Crippen molar-refractivity contribution in [3.05, 3.63) is 52.7 Å². The van der Waals surface area contributed by atoms with Crippen molar-refractivity contribution in [2.24, 2.45) is 0 Å². The molecule has 32 heavy (non-hydrogen) atoms. The molecule has 0 aliphatic heterocycles. The van der Waals surface area contributed by atoms with Crippen LogP contribution in [0.4, 0.5) is 0 Å². The maximum absolute atomic E-state index is 12.7. The number of aryl methyl sites for hydroxylation is 1. The van der Waals surface area contributed by atoms with E-state index < -0.39 is 12.1 Å². The second-order valence-electron chi connectivity index (χ2n) is 7.47. The normalized spacial score (nSPS) is 11.7. The molecular formula is C24H32N2O6. The van der Waals surface area contributed by atoms with Gasteiger partial charge in [0.1, 0.15) is 11.3 Å². The fraction of sp³-hybridized carbons (Fsp3) is 0.458. The van der Waals surface area contributed by atoms with Gasteiger partial charge in [-0.3, -0.25) is 4.79 Å². The molecule has 2 rings (SSSR count). The zero-order chi connectivity index (χ0) is 23.7. The van der Waals surface area contributed by atoms with Crippen LogP contribution in [-0.4, -0.2) is 49.9 Å². The minimum atomic E-state index is -0.714. The number of rotatable bonds is 11. The van der Waals surface area contributed by atoms with Crippen LogP contribution in [0.1, 0.15) is 48.0 Å². The van der Waals surface area contributed by atoms with Crippen molar-refractivity contribution < 1.29 is 28.5 Å². The maximum atomic E-state index is 12.7. The third-order valence-electron chi connectivity index (χ3n) is 4.63. The molecule has 1 unspecified atom stereocenters. The van der Waals surface area contributed by atoms with Gasteiger partial charge < -0.3 is 24.3 Å². The first-order chi connectivity index (χ1) is 15.3. The summed E-state index contributed by atoms with van der Waals surface area (Å²) >= 11 is 0. The fourth-order valence-corrected chi connectivity index (χ4v) is 3.19. The Labute approximate surface area is 189 Å². The predicted octanol–water partition coefficient (Wildman–Crippen LogP) is 3.24. The predicted molar refractivity (Wildman–Crippen MR) is 120 cm³/mol. The van der Waals surface area contributed by atoms with E-state index in [9.17, 15) is 9.59 Å². The average molecular weight is 445 g/mol. The number of amides is 1. The molecule has 0 radical (unpaired) electrons. The molecule has 174 valence electrons.